The van der Waals surface area contributed by atoms with E-state index in [-0.39, 0.29) is 30.8 Å². The Morgan fingerprint density at radius 3 is 2.43 bits per heavy atom. The molecule has 0 saturated carbocycles. The highest BCUT2D eigenvalue weighted by molar-refractivity contribution is 5.94. The zero-order valence-electron chi connectivity index (χ0n) is 13.3. The van der Waals surface area contributed by atoms with Gasteiger partial charge in [-0.15, -0.1) is 0 Å². The molecule has 0 aromatic carbocycles. The number of carboxylic acids is 1. The molecule has 1 aliphatic rings. The minimum Gasteiger partial charge on any atom is -0.481 e. The van der Waals surface area contributed by atoms with Crippen molar-refractivity contribution in [3.63, 3.8) is 0 Å². The number of piperidine rings is 1. The molecule has 6 heteroatoms. The lowest BCUT2D eigenvalue weighted by molar-refractivity contribution is -0.138. The maximum atomic E-state index is 12.2. The molecular formula is C15H26N2O4. The first-order chi connectivity index (χ1) is 9.70. The molecule has 4 atom stereocenters. The summed E-state index contributed by atoms with van der Waals surface area (Å²) in [7, 11) is 0. The molecule has 0 spiro atoms. The molecule has 120 valence electrons. The van der Waals surface area contributed by atoms with Gasteiger partial charge in [-0.05, 0) is 31.1 Å². The molecule has 1 heterocycles. The first kappa shape index (κ1) is 17.5. The lowest BCUT2D eigenvalue weighted by Crippen LogP contribution is -2.53. The Morgan fingerprint density at radius 1 is 1.24 bits per heavy atom. The fourth-order valence-electron chi connectivity index (χ4n) is 2.91. The number of carbonyl (C=O) groups is 3. The van der Waals surface area contributed by atoms with Gasteiger partial charge < -0.3 is 10.0 Å². The van der Waals surface area contributed by atoms with Gasteiger partial charge in [0.2, 0.25) is 5.91 Å². The summed E-state index contributed by atoms with van der Waals surface area (Å²) in [4.78, 5) is 36.3. The van der Waals surface area contributed by atoms with Crippen molar-refractivity contribution in [2.45, 2.75) is 53.0 Å². The SMILES string of the molecule is CC(CC(=O)O)CC(=O)NC(=O)N1CC(C)CC(C)C1C. The first-order valence-electron chi connectivity index (χ1n) is 7.53. The van der Waals surface area contributed by atoms with Gasteiger partial charge in [0.05, 0.1) is 0 Å². The summed E-state index contributed by atoms with van der Waals surface area (Å²) in [6.07, 6.45) is 1.05. The highest BCUT2D eigenvalue weighted by atomic mass is 16.4. The smallest absolute Gasteiger partial charge is 0.324 e. The summed E-state index contributed by atoms with van der Waals surface area (Å²) in [5, 5.41) is 11.0. The van der Waals surface area contributed by atoms with Crippen LogP contribution < -0.4 is 5.32 Å². The van der Waals surface area contributed by atoms with Gasteiger partial charge in [0.15, 0.2) is 0 Å². The van der Waals surface area contributed by atoms with Crippen LogP contribution in [-0.4, -0.2) is 40.5 Å². The number of nitrogens with zero attached hydrogens (tertiary/aromatic N) is 1. The van der Waals surface area contributed by atoms with Crippen molar-refractivity contribution in [3.8, 4) is 0 Å². The standard InChI is InChI=1S/C15H26N2O4/c1-9(7-14(19)20)6-13(18)16-15(21)17-8-10(2)5-11(3)12(17)4/h9-12H,5-8H2,1-4H3,(H,19,20)(H,16,18,21). The average molecular weight is 298 g/mol. The van der Waals surface area contributed by atoms with E-state index < -0.39 is 11.9 Å². The second-order valence-electron chi connectivity index (χ2n) is 6.47. The lowest BCUT2D eigenvalue weighted by atomic mass is 9.86. The predicted octanol–water partition coefficient (Wildman–Crippen LogP) is 2.09. The molecule has 0 bridgehead atoms. The molecule has 1 aliphatic heterocycles. The van der Waals surface area contributed by atoms with E-state index >= 15 is 0 Å². The summed E-state index contributed by atoms with van der Waals surface area (Å²) >= 11 is 0. The second-order valence-corrected chi connectivity index (χ2v) is 6.47. The molecule has 1 saturated heterocycles. The van der Waals surface area contributed by atoms with E-state index in [1.807, 2.05) is 6.92 Å². The van der Waals surface area contributed by atoms with E-state index in [4.69, 9.17) is 5.11 Å². The predicted molar refractivity (Wildman–Crippen MR) is 78.7 cm³/mol. The summed E-state index contributed by atoms with van der Waals surface area (Å²) in [6.45, 7) is 8.53. The largest absolute Gasteiger partial charge is 0.481 e. The molecule has 3 amide bonds. The van der Waals surface area contributed by atoms with Gasteiger partial charge in [0.1, 0.15) is 0 Å². The van der Waals surface area contributed by atoms with E-state index in [0.29, 0.717) is 18.4 Å². The quantitative estimate of drug-likeness (QED) is 0.832. The van der Waals surface area contributed by atoms with Crippen LogP contribution in [0, 0.1) is 17.8 Å². The van der Waals surface area contributed by atoms with Crippen molar-refractivity contribution in [1.82, 2.24) is 10.2 Å². The maximum Gasteiger partial charge on any atom is 0.324 e. The van der Waals surface area contributed by atoms with Gasteiger partial charge >= 0.3 is 12.0 Å². The number of hydrogen-bond acceptors (Lipinski definition) is 3. The van der Waals surface area contributed by atoms with Crippen molar-refractivity contribution in [2.75, 3.05) is 6.54 Å². The molecule has 6 nitrogen and oxygen atoms in total. The molecular weight excluding hydrogens is 272 g/mol. The Bertz CT molecular complexity index is 410. The van der Waals surface area contributed by atoms with Crippen LogP contribution in [0.25, 0.3) is 0 Å². The monoisotopic (exact) mass is 298 g/mol. The van der Waals surface area contributed by atoms with Gasteiger partial charge in [-0.25, -0.2) is 4.79 Å². The number of aliphatic carboxylic acids is 1. The highest BCUT2D eigenvalue weighted by Crippen LogP contribution is 2.26. The summed E-state index contributed by atoms with van der Waals surface area (Å²) in [5.74, 6) is -0.809. The van der Waals surface area contributed by atoms with Crippen LogP contribution >= 0.6 is 0 Å². The number of imide groups is 1. The number of hydrogen-bond donors (Lipinski definition) is 2. The summed E-state index contributed by atoms with van der Waals surface area (Å²) in [6, 6.07) is -0.265. The Balaban J connectivity index is 2.51. The van der Waals surface area contributed by atoms with Crippen molar-refractivity contribution in [2.24, 2.45) is 17.8 Å². The van der Waals surface area contributed by atoms with Crippen LogP contribution in [-0.2, 0) is 9.59 Å². The van der Waals surface area contributed by atoms with Gasteiger partial charge in [-0.2, -0.15) is 0 Å². The third-order valence-corrected chi connectivity index (χ3v) is 4.16. The molecule has 2 N–H and O–H groups in total. The number of urea groups is 1. The minimum atomic E-state index is -0.936. The fourth-order valence-corrected chi connectivity index (χ4v) is 2.91. The zero-order chi connectivity index (χ0) is 16.2. The van der Waals surface area contributed by atoms with Crippen LogP contribution in [0.15, 0.2) is 0 Å². The molecule has 0 radical (unpaired) electrons. The van der Waals surface area contributed by atoms with Crippen LogP contribution in [0.1, 0.15) is 47.0 Å². The van der Waals surface area contributed by atoms with Crippen LogP contribution in [0.2, 0.25) is 0 Å². The third-order valence-electron chi connectivity index (χ3n) is 4.16. The topological polar surface area (TPSA) is 86.7 Å². The zero-order valence-corrected chi connectivity index (χ0v) is 13.3. The van der Waals surface area contributed by atoms with Crippen molar-refractivity contribution >= 4 is 17.9 Å². The van der Waals surface area contributed by atoms with Gasteiger partial charge in [-0.1, -0.05) is 20.8 Å². The third kappa shape index (κ3) is 5.36. The molecule has 21 heavy (non-hydrogen) atoms. The van der Waals surface area contributed by atoms with E-state index in [0.717, 1.165) is 6.42 Å². The number of likely N-dealkylation sites (tertiary alicyclic amines) is 1. The Morgan fingerprint density at radius 2 is 1.86 bits per heavy atom. The summed E-state index contributed by atoms with van der Waals surface area (Å²) in [5.41, 5.74) is 0. The molecule has 0 aliphatic carbocycles. The Kier molecular flexibility index (Phi) is 6.18. The van der Waals surface area contributed by atoms with E-state index in [1.165, 1.54) is 0 Å². The van der Waals surface area contributed by atoms with Crippen LogP contribution in [0.3, 0.4) is 0 Å². The van der Waals surface area contributed by atoms with Crippen molar-refractivity contribution < 1.29 is 19.5 Å². The maximum absolute atomic E-state index is 12.2. The van der Waals surface area contributed by atoms with Crippen LogP contribution in [0.4, 0.5) is 4.79 Å². The molecule has 0 aromatic rings. The summed E-state index contributed by atoms with van der Waals surface area (Å²) < 4.78 is 0. The van der Waals surface area contributed by atoms with Crippen molar-refractivity contribution in [3.05, 3.63) is 0 Å². The first-order valence-corrected chi connectivity index (χ1v) is 7.53. The van der Waals surface area contributed by atoms with E-state index in [2.05, 4.69) is 19.2 Å². The molecule has 0 aromatic heterocycles. The molecule has 1 fully saturated rings. The number of rotatable bonds is 4. The highest BCUT2D eigenvalue weighted by Gasteiger charge is 2.32. The number of nitrogens with one attached hydrogen (secondary N) is 1. The van der Waals surface area contributed by atoms with Gasteiger partial charge in [-0.3, -0.25) is 14.9 Å². The number of carboxylic acid groups (broad SMARTS) is 1. The van der Waals surface area contributed by atoms with Crippen molar-refractivity contribution in [1.29, 1.82) is 0 Å². The minimum absolute atomic E-state index is 0.0470. The lowest BCUT2D eigenvalue weighted by Gasteiger charge is -2.40. The van der Waals surface area contributed by atoms with Gasteiger partial charge in [0, 0.05) is 25.4 Å². The van der Waals surface area contributed by atoms with E-state index in [1.54, 1.807) is 11.8 Å². The Hall–Kier alpha value is -1.59. The fraction of sp³-hybridized carbons (Fsp3) is 0.800. The number of carbonyl (C=O) groups excluding carboxylic acids is 2. The average Bonchev–Trinajstić information content (AvgIpc) is 2.31. The normalized spacial score (nSPS) is 27.0. The Labute approximate surface area is 125 Å². The van der Waals surface area contributed by atoms with Crippen LogP contribution in [0.5, 0.6) is 0 Å². The van der Waals surface area contributed by atoms with E-state index in [9.17, 15) is 14.4 Å². The second kappa shape index (κ2) is 7.43. The number of amides is 3. The molecule has 4 unspecified atom stereocenters. The molecule has 1 rings (SSSR count). The van der Waals surface area contributed by atoms with Gasteiger partial charge in [0.25, 0.3) is 0 Å².